The zero-order chi connectivity index (χ0) is 14.9. The van der Waals surface area contributed by atoms with Crippen molar-refractivity contribution in [2.75, 3.05) is 19.6 Å². The molecule has 1 aromatic rings. The molecule has 2 N–H and O–H groups in total. The van der Waals surface area contributed by atoms with Gasteiger partial charge in [0, 0.05) is 31.7 Å². The summed E-state index contributed by atoms with van der Waals surface area (Å²) in [5.41, 5.74) is -0.616. The van der Waals surface area contributed by atoms with Gasteiger partial charge in [-0.15, -0.1) is 0 Å². The van der Waals surface area contributed by atoms with Gasteiger partial charge in [-0.05, 0) is 19.1 Å². The first-order chi connectivity index (χ1) is 9.32. The lowest BCUT2D eigenvalue weighted by atomic mass is 10.3. The lowest BCUT2D eigenvalue weighted by Gasteiger charge is -2.30. The molecule has 0 aliphatic carbocycles. The molecule has 1 heterocycles. The quantitative estimate of drug-likeness (QED) is 0.612. The monoisotopic (exact) mass is 301 g/mol. The smallest absolute Gasteiger partial charge is 0.312 e. The number of nitrogens with one attached hydrogen (secondary N) is 1. The maximum absolute atomic E-state index is 12.4. The largest absolute Gasteiger partial charge is 0.502 e. The van der Waals surface area contributed by atoms with Gasteiger partial charge in [0.25, 0.3) is 0 Å². The summed E-state index contributed by atoms with van der Waals surface area (Å²) in [6, 6.07) is 3.10. The third-order valence-corrected chi connectivity index (χ3v) is 4.97. The van der Waals surface area contributed by atoms with E-state index in [1.54, 1.807) is 0 Å². The number of hydrogen-bond acceptors (Lipinski definition) is 6. The third-order valence-electron chi connectivity index (χ3n) is 3.11. The molecule has 0 spiro atoms. The van der Waals surface area contributed by atoms with Crippen LogP contribution in [0.2, 0.25) is 0 Å². The van der Waals surface area contributed by atoms with Crippen molar-refractivity contribution in [2.45, 2.75) is 17.9 Å². The zero-order valence-electron chi connectivity index (χ0n) is 10.8. The Morgan fingerprint density at radius 1 is 1.50 bits per heavy atom. The molecular formula is C11H15N3O5S. The van der Waals surface area contributed by atoms with Crippen LogP contribution in [0.5, 0.6) is 5.75 Å². The number of phenols is 1. The van der Waals surface area contributed by atoms with Crippen molar-refractivity contribution in [1.29, 1.82) is 0 Å². The number of nitrogens with zero attached hydrogens (tertiary/aromatic N) is 2. The summed E-state index contributed by atoms with van der Waals surface area (Å²) in [6.07, 6.45) is 0. The first-order valence-corrected chi connectivity index (χ1v) is 7.47. The fourth-order valence-corrected chi connectivity index (χ4v) is 3.62. The van der Waals surface area contributed by atoms with Crippen LogP contribution in [-0.2, 0) is 10.0 Å². The molecule has 2 rings (SSSR count). The van der Waals surface area contributed by atoms with Crippen molar-refractivity contribution >= 4 is 15.7 Å². The number of phenolic OH excluding ortho intramolecular Hbond substituents is 1. The summed E-state index contributed by atoms with van der Waals surface area (Å²) in [6.45, 7) is 3.00. The van der Waals surface area contributed by atoms with Crippen LogP contribution in [0.4, 0.5) is 5.69 Å². The highest BCUT2D eigenvalue weighted by Gasteiger charge is 2.30. The number of rotatable bonds is 3. The number of nitro benzene ring substituents is 1. The van der Waals surface area contributed by atoms with Crippen LogP contribution in [0.15, 0.2) is 23.1 Å². The highest BCUT2D eigenvalue weighted by atomic mass is 32.2. The van der Waals surface area contributed by atoms with E-state index in [0.29, 0.717) is 19.6 Å². The molecule has 110 valence electrons. The van der Waals surface area contributed by atoms with Crippen LogP contribution in [-0.4, -0.2) is 48.4 Å². The minimum absolute atomic E-state index is 0.0191. The molecule has 0 aromatic heterocycles. The molecule has 0 radical (unpaired) electrons. The predicted octanol–water partition coefficient (Wildman–Crippen LogP) is 0.283. The van der Waals surface area contributed by atoms with Crippen LogP contribution in [0.3, 0.4) is 0 Å². The second kappa shape index (κ2) is 5.35. The Morgan fingerprint density at radius 2 is 2.20 bits per heavy atom. The van der Waals surface area contributed by atoms with Crippen molar-refractivity contribution in [3.05, 3.63) is 28.3 Å². The third kappa shape index (κ3) is 2.74. The Hall–Kier alpha value is -1.71. The van der Waals surface area contributed by atoms with Crippen molar-refractivity contribution < 1.29 is 18.4 Å². The molecule has 0 saturated carbocycles. The zero-order valence-corrected chi connectivity index (χ0v) is 11.6. The first kappa shape index (κ1) is 14.7. The summed E-state index contributed by atoms with van der Waals surface area (Å²) in [5.74, 6) is -0.553. The maximum atomic E-state index is 12.4. The molecule has 1 saturated heterocycles. The average Bonchev–Trinajstić information content (AvgIpc) is 2.38. The number of piperazine rings is 1. The van der Waals surface area contributed by atoms with Gasteiger partial charge >= 0.3 is 5.69 Å². The Bertz CT molecular complexity index is 631. The van der Waals surface area contributed by atoms with Gasteiger partial charge in [-0.3, -0.25) is 10.1 Å². The SMILES string of the molecule is CC1CN(S(=O)(=O)c2ccc(O)c([N+](=O)[O-])c2)CCN1. The van der Waals surface area contributed by atoms with E-state index in [1.165, 1.54) is 10.4 Å². The number of aromatic hydroxyl groups is 1. The summed E-state index contributed by atoms with van der Waals surface area (Å²) < 4.78 is 26.1. The van der Waals surface area contributed by atoms with Gasteiger partial charge in [-0.25, -0.2) is 8.42 Å². The van der Waals surface area contributed by atoms with Gasteiger partial charge in [0.1, 0.15) is 0 Å². The molecule has 9 heteroatoms. The highest BCUT2D eigenvalue weighted by molar-refractivity contribution is 7.89. The molecule has 20 heavy (non-hydrogen) atoms. The maximum Gasteiger partial charge on any atom is 0.312 e. The molecular weight excluding hydrogens is 286 g/mol. The van der Waals surface area contributed by atoms with E-state index in [1.807, 2.05) is 6.92 Å². The van der Waals surface area contributed by atoms with E-state index in [2.05, 4.69) is 5.32 Å². The second-order valence-corrected chi connectivity index (χ2v) is 6.56. The van der Waals surface area contributed by atoms with Crippen LogP contribution < -0.4 is 5.32 Å². The lowest BCUT2D eigenvalue weighted by Crippen LogP contribution is -2.51. The normalized spacial score (nSPS) is 20.8. The van der Waals surface area contributed by atoms with Gasteiger partial charge in [0.05, 0.1) is 9.82 Å². The first-order valence-electron chi connectivity index (χ1n) is 6.03. The van der Waals surface area contributed by atoms with Gasteiger partial charge < -0.3 is 10.4 Å². The molecule has 1 unspecified atom stereocenters. The summed E-state index contributed by atoms with van der Waals surface area (Å²) in [4.78, 5) is 9.76. The standard InChI is InChI=1S/C11H15N3O5S/c1-8-7-13(5-4-12-8)20(18,19)9-2-3-11(15)10(6-9)14(16)17/h2-3,6,8,12,15H,4-5,7H2,1H3. The number of benzene rings is 1. The average molecular weight is 301 g/mol. The molecule has 0 amide bonds. The topological polar surface area (TPSA) is 113 Å². The Morgan fingerprint density at radius 3 is 2.80 bits per heavy atom. The van der Waals surface area contributed by atoms with E-state index in [4.69, 9.17) is 0 Å². The predicted molar refractivity (Wildman–Crippen MR) is 71.0 cm³/mol. The summed E-state index contributed by atoms with van der Waals surface area (Å²) in [7, 11) is -3.79. The minimum Gasteiger partial charge on any atom is -0.502 e. The van der Waals surface area contributed by atoms with Gasteiger partial charge in [0.2, 0.25) is 10.0 Å². The van der Waals surface area contributed by atoms with E-state index in [0.717, 1.165) is 12.1 Å². The van der Waals surface area contributed by atoms with Crippen LogP contribution in [0, 0.1) is 10.1 Å². The second-order valence-electron chi connectivity index (χ2n) is 4.63. The fourth-order valence-electron chi connectivity index (χ4n) is 2.07. The molecule has 1 aliphatic rings. The van der Waals surface area contributed by atoms with Crippen molar-refractivity contribution in [3.63, 3.8) is 0 Å². The van der Waals surface area contributed by atoms with Crippen molar-refractivity contribution in [1.82, 2.24) is 9.62 Å². The van der Waals surface area contributed by atoms with E-state index >= 15 is 0 Å². The Balaban J connectivity index is 2.39. The molecule has 8 nitrogen and oxygen atoms in total. The van der Waals surface area contributed by atoms with Gasteiger partial charge in [0.15, 0.2) is 5.75 Å². The van der Waals surface area contributed by atoms with Crippen LogP contribution in [0.25, 0.3) is 0 Å². The minimum atomic E-state index is -3.79. The molecule has 1 aliphatic heterocycles. The highest BCUT2D eigenvalue weighted by Crippen LogP contribution is 2.29. The summed E-state index contributed by atoms with van der Waals surface area (Å²) >= 11 is 0. The number of nitro groups is 1. The molecule has 1 atom stereocenters. The van der Waals surface area contributed by atoms with E-state index in [-0.39, 0.29) is 10.9 Å². The number of hydrogen-bond donors (Lipinski definition) is 2. The Labute approximate surface area is 116 Å². The fraction of sp³-hybridized carbons (Fsp3) is 0.455. The number of sulfonamides is 1. The van der Waals surface area contributed by atoms with Crippen LogP contribution in [0.1, 0.15) is 6.92 Å². The van der Waals surface area contributed by atoms with Gasteiger partial charge in [-0.1, -0.05) is 0 Å². The van der Waals surface area contributed by atoms with E-state index < -0.39 is 26.4 Å². The lowest BCUT2D eigenvalue weighted by molar-refractivity contribution is -0.386. The molecule has 1 aromatic carbocycles. The van der Waals surface area contributed by atoms with Crippen molar-refractivity contribution in [2.24, 2.45) is 0 Å². The molecule has 0 bridgehead atoms. The van der Waals surface area contributed by atoms with Crippen LogP contribution >= 0.6 is 0 Å². The van der Waals surface area contributed by atoms with E-state index in [9.17, 15) is 23.6 Å². The summed E-state index contributed by atoms with van der Waals surface area (Å²) in [5, 5.41) is 23.2. The Kier molecular flexibility index (Phi) is 3.93. The molecule has 1 fully saturated rings. The van der Waals surface area contributed by atoms with Crippen molar-refractivity contribution in [3.8, 4) is 5.75 Å². The van der Waals surface area contributed by atoms with Gasteiger partial charge in [-0.2, -0.15) is 4.31 Å².